The SMILES string of the molecule is CC(C)Cc1ccc(S(=O)(=O)Nc2ccc(C3(C(=O)NC(C)C)CC3)cc2)cc1. The third-order valence-electron chi connectivity index (χ3n) is 5.17. The van der Waals surface area contributed by atoms with Crippen molar-refractivity contribution in [2.75, 3.05) is 4.72 Å². The molecule has 2 N–H and O–H groups in total. The van der Waals surface area contributed by atoms with Crippen LogP contribution in [0.25, 0.3) is 0 Å². The summed E-state index contributed by atoms with van der Waals surface area (Å²) in [4.78, 5) is 12.7. The molecular formula is C23H30N2O3S. The number of hydrogen-bond acceptors (Lipinski definition) is 3. The highest BCUT2D eigenvalue weighted by Gasteiger charge is 2.51. The molecule has 1 amide bonds. The molecule has 2 aromatic carbocycles. The number of carbonyl (C=O) groups excluding carboxylic acids is 1. The van der Waals surface area contributed by atoms with E-state index in [-0.39, 0.29) is 16.8 Å². The van der Waals surface area contributed by atoms with Gasteiger partial charge in [-0.2, -0.15) is 0 Å². The van der Waals surface area contributed by atoms with E-state index in [1.165, 1.54) is 0 Å². The van der Waals surface area contributed by atoms with Crippen LogP contribution in [0.5, 0.6) is 0 Å². The van der Waals surface area contributed by atoms with Gasteiger partial charge < -0.3 is 5.32 Å². The maximum atomic E-state index is 12.7. The molecule has 1 saturated carbocycles. The summed E-state index contributed by atoms with van der Waals surface area (Å²) in [5.41, 5.74) is 2.07. The number of carbonyl (C=O) groups is 1. The molecule has 0 unspecified atom stereocenters. The summed E-state index contributed by atoms with van der Waals surface area (Å²) >= 11 is 0. The van der Waals surface area contributed by atoms with E-state index in [4.69, 9.17) is 0 Å². The fourth-order valence-corrected chi connectivity index (χ4v) is 4.58. The number of anilines is 1. The molecule has 0 radical (unpaired) electrons. The molecule has 156 valence electrons. The zero-order chi connectivity index (χ0) is 21.2. The summed E-state index contributed by atoms with van der Waals surface area (Å²) < 4.78 is 28.0. The Morgan fingerprint density at radius 3 is 2.03 bits per heavy atom. The van der Waals surface area contributed by atoms with Crippen molar-refractivity contribution in [2.24, 2.45) is 5.92 Å². The summed E-state index contributed by atoms with van der Waals surface area (Å²) in [5.74, 6) is 0.564. The molecule has 1 fully saturated rings. The number of amides is 1. The zero-order valence-corrected chi connectivity index (χ0v) is 18.3. The van der Waals surface area contributed by atoms with E-state index in [1.54, 1.807) is 24.3 Å². The molecule has 1 aliphatic rings. The van der Waals surface area contributed by atoms with Crippen molar-refractivity contribution in [3.05, 3.63) is 59.7 Å². The van der Waals surface area contributed by atoms with E-state index in [2.05, 4.69) is 23.9 Å². The molecule has 29 heavy (non-hydrogen) atoms. The molecule has 5 nitrogen and oxygen atoms in total. The van der Waals surface area contributed by atoms with Crippen molar-refractivity contribution < 1.29 is 13.2 Å². The van der Waals surface area contributed by atoms with Gasteiger partial charge in [-0.05, 0) is 74.4 Å². The van der Waals surface area contributed by atoms with Gasteiger partial charge in [0.05, 0.1) is 10.3 Å². The average molecular weight is 415 g/mol. The van der Waals surface area contributed by atoms with Crippen LogP contribution in [0, 0.1) is 5.92 Å². The van der Waals surface area contributed by atoms with Crippen LogP contribution < -0.4 is 10.0 Å². The minimum Gasteiger partial charge on any atom is -0.353 e. The highest BCUT2D eigenvalue weighted by atomic mass is 32.2. The van der Waals surface area contributed by atoms with Gasteiger partial charge in [0.1, 0.15) is 0 Å². The minimum atomic E-state index is -3.65. The minimum absolute atomic E-state index is 0.0438. The molecule has 0 aliphatic heterocycles. The lowest BCUT2D eigenvalue weighted by atomic mass is 9.94. The van der Waals surface area contributed by atoms with E-state index in [0.29, 0.717) is 11.6 Å². The Morgan fingerprint density at radius 1 is 0.966 bits per heavy atom. The lowest BCUT2D eigenvalue weighted by Gasteiger charge is -2.18. The Morgan fingerprint density at radius 2 is 1.55 bits per heavy atom. The highest BCUT2D eigenvalue weighted by molar-refractivity contribution is 7.92. The predicted molar refractivity (Wildman–Crippen MR) is 116 cm³/mol. The van der Waals surface area contributed by atoms with Crippen molar-refractivity contribution >= 4 is 21.6 Å². The van der Waals surface area contributed by atoms with Crippen LogP contribution in [0.2, 0.25) is 0 Å². The monoisotopic (exact) mass is 414 g/mol. The molecule has 0 aromatic heterocycles. The summed E-state index contributed by atoms with van der Waals surface area (Å²) in [7, 11) is -3.65. The Kier molecular flexibility index (Phi) is 6.03. The Hall–Kier alpha value is -2.34. The van der Waals surface area contributed by atoms with Crippen LogP contribution in [0.3, 0.4) is 0 Å². The zero-order valence-electron chi connectivity index (χ0n) is 17.5. The second kappa shape index (κ2) is 8.19. The van der Waals surface area contributed by atoms with Crippen LogP contribution in [0.15, 0.2) is 53.4 Å². The first-order valence-electron chi connectivity index (χ1n) is 10.2. The normalized spacial score (nSPS) is 15.4. The van der Waals surface area contributed by atoms with Crippen molar-refractivity contribution in [3.8, 4) is 0 Å². The summed E-state index contributed by atoms with van der Waals surface area (Å²) in [5, 5.41) is 2.98. The largest absolute Gasteiger partial charge is 0.353 e. The van der Waals surface area contributed by atoms with Gasteiger partial charge in [-0.25, -0.2) is 8.42 Å². The van der Waals surface area contributed by atoms with Crippen LogP contribution in [-0.4, -0.2) is 20.4 Å². The fraction of sp³-hybridized carbons (Fsp3) is 0.435. The smallest absolute Gasteiger partial charge is 0.261 e. The van der Waals surface area contributed by atoms with E-state index < -0.39 is 15.4 Å². The molecular weight excluding hydrogens is 384 g/mol. The first kappa shape index (κ1) is 21.4. The van der Waals surface area contributed by atoms with Crippen LogP contribution in [-0.2, 0) is 26.7 Å². The molecule has 6 heteroatoms. The first-order valence-corrected chi connectivity index (χ1v) is 11.6. The Bertz CT molecular complexity index is 958. The van der Waals surface area contributed by atoms with Crippen molar-refractivity contribution in [1.82, 2.24) is 5.32 Å². The van der Waals surface area contributed by atoms with E-state index in [1.807, 2.05) is 38.1 Å². The number of rotatable bonds is 8. The van der Waals surface area contributed by atoms with Gasteiger partial charge in [0.2, 0.25) is 5.91 Å². The van der Waals surface area contributed by atoms with Crippen molar-refractivity contribution in [3.63, 3.8) is 0 Å². The molecule has 0 spiro atoms. The Labute approximate surface area is 174 Å². The van der Waals surface area contributed by atoms with Crippen LogP contribution >= 0.6 is 0 Å². The average Bonchev–Trinajstić information content (AvgIpc) is 3.43. The Balaban J connectivity index is 1.71. The maximum Gasteiger partial charge on any atom is 0.261 e. The molecule has 0 saturated heterocycles. The van der Waals surface area contributed by atoms with Gasteiger partial charge in [-0.1, -0.05) is 38.1 Å². The molecule has 0 atom stereocenters. The van der Waals surface area contributed by atoms with E-state index in [9.17, 15) is 13.2 Å². The van der Waals surface area contributed by atoms with Crippen molar-refractivity contribution in [2.45, 2.75) is 63.3 Å². The molecule has 0 bridgehead atoms. The predicted octanol–water partition coefficient (Wildman–Crippen LogP) is 4.24. The first-order chi connectivity index (χ1) is 13.6. The number of benzene rings is 2. The van der Waals surface area contributed by atoms with E-state index in [0.717, 1.165) is 30.4 Å². The molecule has 3 rings (SSSR count). The maximum absolute atomic E-state index is 12.7. The standard InChI is InChI=1S/C23H30N2O3S/c1-16(2)15-18-5-11-21(12-6-18)29(27,28)25-20-9-7-19(8-10-20)23(13-14-23)22(26)24-17(3)4/h5-12,16-17,25H,13-15H2,1-4H3,(H,24,26). The fourth-order valence-electron chi connectivity index (χ4n) is 3.52. The third kappa shape index (κ3) is 4.99. The van der Waals surface area contributed by atoms with Gasteiger partial charge in [-0.3, -0.25) is 9.52 Å². The lowest BCUT2D eigenvalue weighted by molar-refractivity contribution is -0.124. The third-order valence-corrected chi connectivity index (χ3v) is 6.57. The van der Waals surface area contributed by atoms with Gasteiger partial charge in [-0.15, -0.1) is 0 Å². The van der Waals surface area contributed by atoms with E-state index >= 15 is 0 Å². The number of nitrogens with one attached hydrogen (secondary N) is 2. The second-order valence-electron chi connectivity index (χ2n) is 8.64. The summed E-state index contributed by atoms with van der Waals surface area (Å²) in [6, 6.07) is 14.2. The van der Waals surface area contributed by atoms with Gasteiger partial charge in [0.25, 0.3) is 10.0 Å². The summed E-state index contributed by atoms with van der Waals surface area (Å²) in [6.07, 6.45) is 2.56. The van der Waals surface area contributed by atoms with Crippen LogP contribution in [0.1, 0.15) is 51.7 Å². The van der Waals surface area contributed by atoms with Gasteiger partial charge in [0, 0.05) is 11.7 Å². The molecule has 2 aromatic rings. The highest BCUT2D eigenvalue weighted by Crippen LogP contribution is 2.48. The van der Waals surface area contributed by atoms with Crippen LogP contribution in [0.4, 0.5) is 5.69 Å². The van der Waals surface area contributed by atoms with Gasteiger partial charge in [0.15, 0.2) is 0 Å². The molecule has 1 aliphatic carbocycles. The topological polar surface area (TPSA) is 75.3 Å². The van der Waals surface area contributed by atoms with Gasteiger partial charge >= 0.3 is 0 Å². The summed E-state index contributed by atoms with van der Waals surface area (Å²) in [6.45, 7) is 8.16. The quantitative estimate of drug-likeness (QED) is 0.678. The second-order valence-corrected chi connectivity index (χ2v) is 10.3. The number of sulfonamides is 1. The molecule has 0 heterocycles. The van der Waals surface area contributed by atoms with Crippen molar-refractivity contribution in [1.29, 1.82) is 0 Å². The lowest BCUT2D eigenvalue weighted by Crippen LogP contribution is -2.38. The number of hydrogen-bond donors (Lipinski definition) is 2.